The van der Waals surface area contributed by atoms with Crippen LogP contribution < -0.4 is 16.0 Å². The van der Waals surface area contributed by atoms with E-state index in [4.69, 9.17) is 9.83 Å². The van der Waals surface area contributed by atoms with Crippen LogP contribution in [0, 0.1) is 5.41 Å². The van der Waals surface area contributed by atoms with Gasteiger partial charge in [0.2, 0.25) is 5.88 Å². The maximum Gasteiger partial charge on any atom is 0.328 e. The zero-order valence-electron chi connectivity index (χ0n) is 6.92. The van der Waals surface area contributed by atoms with Crippen molar-refractivity contribution in [1.82, 2.24) is 15.6 Å². The molecule has 70 valence electrons. The third-order valence-corrected chi connectivity index (χ3v) is 1.16. The first-order valence-electron chi connectivity index (χ1n) is 3.45. The predicted molar refractivity (Wildman–Crippen MR) is 45.4 cm³/mol. The molecule has 1 heterocycles. The summed E-state index contributed by atoms with van der Waals surface area (Å²) < 4.78 is 4.75. The fraction of sp³-hybridized carbons (Fsp3) is 0.167. The summed E-state index contributed by atoms with van der Waals surface area (Å²) in [6.07, 6.45) is 2.54. The van der Waals surface area contributed by atoms with Gasteiger partial charge in [-0.05, 0) is 0 Å². The molecule has 4 N–H and O–H groups in total. The molecule has 0 aliphatic heterocycles. The highest BCUT2D eigenvalue weighted by Gasteiger charge is 2.04. The van der Waals surface area contributed by atoms with Gasteiger partial charge in [-0.2, -0.15) is 0 Å². The van der Waals surface area contributed by atoms with Crippen LogP contribution in [0.4, 0.5) is 10.7 Å². The molecule has 0 spiro atoms. The van der Waals surface area contributed by atoms with E-state index in [0.717, 1.165) is 0 Å². The molecule has 13 heavy (non-hydrogen) atoms. The van der Waals surface area contributed by atoms with E-state index in [2.05, 4.69) is 20.9 Å². The SMILES string of the molecule is CNC(=N)NC(=O)Nc1cnco1. The van der Waals surface area contributed by atoms with Crippen molar-refractivity contribution in [1.29, 1.82) is 5.41 Å². The summed E-state index contributed by atoms with van der Waals surface area (Å²) in [6, 6.07) is -0.559. The lowest BCUT2D eigenvalue weighted by atomic mass is 10.7. The van der Waals surface area contributed by atoms with E-state index in [9.17, 15) is 4.79 Å². The molecule has 2 amide bonds. The molecule has 0 radical (unpaired) electrons. The summed E-state index contributed by atoms with van der Waals surface area (Å²) in [6.45, 7) is 0. The van der Waals surface area contributed by atoms with Gasteiger partial charge in [0.05, 0.1) is 6.20 Å². The second kappa shape index (κ2) is 4.10. The third-order valence-electron chi connectivity index (χ3n) is 1.16. The molecule has 0 unspecified atom stereocenters. The van der Waals surface area contributed by atoms with Gasteiger partial charge < -0.3 is 9.73 Å². The Morgan fingerprint density at radius 3 is 3.00 bits per heavy atom. The molecule has 0 aromatic carbocycles. The highest BCUT2D eigenvalue weighted by Crippen LogP contribution is 2.01. The van der Waals surface area contributed by atoms with Crippen LogP contribution in [0.25, 0.3) is 0 Å². The van der Waals surface area contributed by atoms with E-state index >= 15 is 0 Å². The number of carbonyl (C=O) groups excluding carboxylic acids is 1. The van der Waals surface area contributed by atoms with Crippen LogP contribution in [0.5, 0.6) is 0 Å². The number of guanidine groups is 1. The van der Waals surface area contributed by atoms with Crippen LogP contribution in [-0.4, -0.2) is 24.0 Å². The molecular weight excluding hydrogens is 174 g/mol. The average Bonchev–Trinajstić information content (AvgIpc) is 2.56. The van der Waals surface area contributed by atoms with Crippen molar-refractivity contribution in [3.8, 4) is 0 Å². The molecule has 0 atom stereocenters. The number of carbonyl (C=O) groups is 1. The van der Waals surface area contributed by atoms with Gasteiger partial charge in [0.1, 0.15) is 0 Å². The number of hydrogen-bond donors (Lipinski definition) is 4. The minimum absolute atomic E-state index is 0.1000. The number of nitrogens with one attached hydrogen (secondary N) is 4. The zero-order chi connectivity index (χ0) is 9.68. The number of aromatic nitrogens is 1. The van der Waals surface area contributed by atoms with Crippen LogP contribution in [-0.2, 0) is 0 Å². The second-order valence-corrected chi connectivity index (χ2v) is 2.07. The van der Waals surface area contributed by atoms with E-state index in [0.29, 0.717) is 0 Å². The molecule has 0 fully saturated rings. The Kier molecular flexibility index (Phi) is 2.85. The smallest absolute Gasteiger partial charge is 0.328 e. The lowest BCUT2D eigenvalue weighted by molar-refractivity contribution is 0.255. The summed E-state index contributed by atoms with van der Waals surface area (Å²) in [7, 11) is 1.52. The van der Waals surface area contributed by atoms with Gasteiger partial charge in [-0.1, -0.05) is 0 Å². The Labute approximate surface area is 74.0 Å². The summed E-state index contributed by atoms with van der Waals surface area (Å²) in [5, 5.41) is 14.0. The maximum absolute atomic E-state index is 11.0. The van der Waals surface area contributed by atoms with Crippen molar-refractivity contribution in [2.24, 2.45) is 0 Å². The Bertz CT molecular complexity index is 294. The van der Waals surface area contributed by atoms with Crippen molar-refractivity contribution in [3.63, 3.8) is 0 Å². The van der Waals surface area contributed by atoms with Gasteiger partial charge in [0.25, 0.3) is 0 Å². The highest BCUT2D eigenvalue weighted by atomic mass is 16.4. The van der Waals surface area contributed by atoms with Crippen LogP contribution in [0.2, 0.25) is 0 Å². The van der Waals surface area contributed by atoms with Gasteiger partial charge in [0, 0.05) is 7.05 Å². The lowest BCUT2D eigenvalue weighted by Gasteiger charge is -2.04. The van der Waals surface area contributed by atoms with Crippen molar-refractivity contribution >= 4 is 17.9 Å². The number of amides is 2. The number of rotatable bonds is 1. The standard InChI is InChI=1S/C6H9N5O2/c1-8-5(7)11-6(12)10-4-2-9-3-13-4/h2-3H,1H3,(H4,7,8,10,11,12). The molecule has 1 rings (SSSR count). The molecule has 7 nitrogen and oxygen atoms in total. The molecular formula is C6H9N5O2. The molecule has 0 aliphatic carbocycles. The van der Waals surface area contributed by atoms with E-state index in [1.54, 1.807) is 0 Å². The lowest BCUT2D eigenvalue weighted by Crippen LogP contribution is -2.40. The minimum atomic E-state index is -0.559. The number of oxazole rings is 1. The van der Waals surface area contributed by atoms with E-state index in [-0.39, 0.29) is 11.8 Å². The van der Waals surface area contributed by atoms with Crippen LogP contribution in [0.1, 0.15) is 0 Å². The fourth-order valence-corrected chi connectivity index (χ4v) is 0.597. The van der Waals surface area contributed by atoms with E-state index in [1.165, 1.54) is 19.6 Å². The normalized spacial score (nSPS) is 9.00. The predicted octanol–water partition coefficient (Wildman–Crippen LogP) is -0.0497. The Hall–Kier alpha value is -2.05. The number of anilines is 1. The van der Waals surface area contributed by atoms with Crippen molar-refractivity contribution in [2.45, 2.75) is 0 Å². The van der Waals surface area contributed by atoms with Crippen molar-refractivity contribution in [2.75, 3.05) is 12.4 Å². The first-order valence-corrected chi connectivity index (χ1v) is 3.45. The Morgan fingerprint density at radius 2 is 2.46 bits per heavy atom. The first kappa shape index (κ1) is 9.04. The van der Waals surface area contributed by atoms with Gasteiger partial charge in [-0.3, -0.25) is 16.0 Å². The monoisotopic (exact) mass is 183 g/mol. The summed E-state index contributed by atoms with van der Waals surface area (Å²) >= 11 is 0. The summed E-state index contributed by atoms with van der Waals surface area (Å²) in [5.41, 5.74) is 0. The fourth-order valence-electron chi connectivity index (χ4n) is 0.597. The van der Waals surface area contributed by atoms with Crippen molar-refractivity contribution < 1.29 is 9.21 Å². The highest BCUT2D eigenvalue weighted by molar-refractivity contribution is 6.00. The summed E-state index contributed by atoms with van der Waals surface area (Å²) in [4.78, 5) is 14.6. The molecule has 0 saturated carbocycles. The van der Waals surface area contributed by atoms with Crippen LogP contribution >= 0.6 is 0 Å². The molecule has 1 aromatic rings. The topological polar surface area (TPSA) is 103 Å². The number of urea groups is 1. The van der Waals surface area contributed by atoms with E-state index < -0.39 is 6.03 Å². The largest absolute Gasteiger partial charge is 0.428 e. The molecule has 1 aromatic heterocycles. The Morgan fingerprint density at radius 1 is 1.69 bits per heavy atom. The third kappa shape index (κ3) is 2.81. The molecule has 0 saturated heterocycles. The molecule has 7 heteroatoms. The van der Waals surface area contributed by atoms with Gasteiger partial charge in [0.15, 0.2) is 12.4 Å². The van der Waals surface area contributed by atoms with E-state index in [1.807, 2.05) is 0 Å². The number of nitrogens with zero attached hydrogens (tertiary/aromatic N) is 1. The second-order valence-electron chi connectivity index (χ2n) is 2.07. The first-order chi connectivity index (χ1) is 6.22. The number of hydrogen-bond acceptors (Lipinski definition) is 4. The van der Waals surface area contributed by atoms with Gasteiger partial charge in [-0.25, -0.2) is 9.78 Å². The Balaban J connectivity index is 2.38. The van der Waals surface area contributed by atoms with Crippen LogP contribution in [0.3, 0.4) is 0 Å². The minimum Gasteiger partial charge on any atom is -0.428 e. The maximum atomic E-state index is 11.0. The zero-order valence-corrected chi connectivity index (χ0v) is 6.92. The average molecular weight is 183 g/mol. The quantitative estimate of drug-likeness (QED) is 0.362. The van der Waals surface area contributed by atoms with Gasteiger partial charge in [-0.15, -0.1) is 0 Å². The molecule has 0 aliphatic rings. The van der Waals surface area contributed by atoms with Gasteiger partial charge >= 0.3 is 6.03 Å². The summed E-state index contributed by atoms with van der Waals surface area (Å²) in [5.74, 6) is 0.124. The van der Waals surface area contributed by atoms with Crippen molar-refractivity contribution in [3.05, 3.63) is 12.6 Å². The van der Waals surface area contributed by atoms with Crippen LogP contribution in [0.15, 0.2) is 17.0 Å². The molecule has 0 bridgehead atoms.